The quantitative estimate of drug-likeness (QED) is 0.176. The van der Waals surface area contributed by atoms with E-state index in [1.54, 1.807) is 22.3 Å². The summed E-state index contributed by atoms with van der Waals surface area (Å²) < 4.78 is 2.73. The molecule has 7 aliphatic carbocycles. The molecule has 6 aromatic carbocycles. The summed E-state index contributed by atoms with van der Waals surface area (Å²) >= 11 is 1.92. The van der Waals surface area contributed by atoms with Crippen molar-refractivity contribution >= 4 is 48.6 Å². The predicted octanol–water partition coefficient (Wildman–Crippen LogP) is 14.5. The fraction of sp³-hybridized carbons (Fsp3) is 0.308. The van der Waals surface area contributed by atoms with Crippen LogP contribution in [0.25, 0.3) is 42.4 Å². The molecule has 0 radical (unpaired) electrons. The Morgan fingerprint density at radius 2 is 1.07 bits per heavy atom. The SMILES string of the molecule is c1ccc2c(c1)-c1c(N(c3ccc4sc5ccccc5c4c3)c3cccc4c3-c3ccccc3C43C4CC5C[C@H](C4)C[C@H]3C5)cccc1C21CCCCC1. The van der Waals surface area contributed by atoms with Gasteiger partial charge in [-0.1, -0.05) is 110 Å². The Bertz CT molecular complexity index is 2660. The maximum absolute atomic E-state index is 2.72. The summed E-state index contributed by atoms with van der Waals surface area (Å²) in [5.41, 5.74) is 16.4. The van der Waals surface area contributed by atoms with E-state index in [0.717, 1.165) is 23.7 Å². The topological polar surface area (TPSA) is 3.24 Å². The fourth-order valence-corrected chi connectivity index (χ4v) is 15.1. The third-order valence-electron chi connectivity index (χ3n) is 15.6. The highest BCUT2D eigenvalue weighted by molar-refractivity contribution is 7.25. The second-order valence-corrected chi connectivity index (χ2v) is 19.0. The van der Waals surface area contributed by atoms with Crippen molar-refractivity contribution in [3.63, 3.8) is 0 Å². The van der Waals surface area contributed by atoms with Crippen LogP contribution >= 0.6 is 11.3 Å². The molecule has 7 aliphatic rings. The van der Waals surface area contributed by atoms with Crippen molar-refractivity contribution in [3.05, 3.63) is 150 Å². The van der Waals surface area contributed by atoms with Gasteiger partial charge in [0.15, 0.2) is 0 Å². The van der Waals surface area contributed by atoms with Crippen LogP contribution in [0.5, 0.6) is 0 Å². The zero-order valence-corrected chi connectivity index (χ0v) is 31.7. The van der Waals surface area contributed by atoms with Crippen LogP contribution < -0.4 is 4.90 Å². The van der Waals surface area contributed by atoms with Crippen LogP contribution in [0.3, 0.4) is 0 Å². The van der Waals surface area contributed by atoms with Gasteiger partial charge in [-0.3, -0.25) is 0 Å². The lowest BCUT2D eigenvalue weighted by Crippen LogP contribution is -2.55. The normalized spacial score (nSPS) is 26.4. The fourth-order valence-electron chi connectivity index (χ4n) is 14.0. The highest BCUT2D eigenvalue weighted by Gasteiger charge is 2.62. The van der Waals surface area contributed by atoms with Crippen LogP contribution in [0, 0.1) is 23.7 Å². The first-order valence-corrected chi connectivity index (χ1v) is 21.7. The van der Waals surface area contributed by atoms with Gasteiger partial charge in [-0.25, -0.2) is 0 Å². The Labute approximate surface area is 322 Å². The minimum Gasteiger partial charge on any atom is -0.309 e. The first-order chi connectivity index (χ1) is 26.7. The number of rotatable bonds is 3. The number of benzene rings is 6. The van der Waals surface area contributed by atoms with Gasteiger partial charge in [-0.2, -0.15) is 0 Å². The minimum atomic E-state index is 0.106. The van der Waals surface area contributed by atoms with Crippen LogP contribution in [0.1, 0.15) is 86.5 Å². The molecule has 0 unspecified atom stereocenters. The van der Waals surface area contributed by atoms with E-state index < -0.39 is 0 Å². The van der Waals surface area contributed by atoms with Crippen molar-refractivity contribution in [2.45, 2.75) is 75.0 Å². The van der Waals surface area contributed by atoms with E-state index in [2.05, 4.69) is 132 Å². The van der Waals surface area contributed by atoms with E-state index in [4.69, 9.17) is 0 Å². The first-order valence-electron chi connectivity index (χ1n) is 20.9. The largest absolute Gasteiger partial charge is 0.309 e. The molecule has 2 spiro atoms. The molecule has 1 heterocycles. The minimum absolute atomic E-state index is 0.106. The number of hydrogen-bond donors (Lipinski definition) is 0. The highest BCUT2D eigenvalue weighted by Crippen LogP contribution is 2.71. The zero-order valence-electron chi connectivity index (χ0n) is 30.9. The molecule has 5 saturated carbocycles. The lowest BCUT2D eigenvalue weighted by Gasteiger charge is -2.61. The molecule has 1 nitrogen and oxygen atoms in total. The number of hydrogen-bond acceptors (Lipinski definition) is 2. The number of anilines is 3. The van der Waals surface area contributed by atoms with E-state index in [1.165, 1.54) is 124 Å². The van der Waals surface area contributed by atoms with Crippen molar-refractivity contribution in [2.24, 2.45) is 23.7 Å². The van der Waals surface area contributed by atoms with Gasteiger partial charge in [0.1, 0.15) is 0 Å². The van der Waals surface area contributed by atoms with Crippen LogP contribution in [0.2, 0.25) is 0 Å². The molecule has 0 saturated heterocycles. The third-order valence-corrected chi connectivity index (χ3v) is 16.8. The van der Waals surface area contributed by atoms with Crippen molar-refractivity contribution in [1.29, 1.82) is 0 Å². The second-order valence-electron chi connectivity index (χ2n) is 17.9. The van der Waals surface area contributed by atoms with Gasteiger partial charge in [-0.05, 0) is 138 Å². The summed E-state index contributed by atoms with van der Waals surface area (Å²) in [5, 5.41) is 2.72. The molecule has 7 aromatic rings. The monoisotopic (exact) mass is 715 g/mol. The Balaban J connectivity index is 1.11. The second kappa shape index (κ2) is 11.0. The maximum Gasteiger partial charge on any atom is 0.0543 e. The van der Waals surface area contributed by atoms with Gasteiger partial charge in [0.25, 0.3) is 0 Å². The molecular formula is C52H45NS. The van der Waals surface area contributed by atoms with Crippen molar-refractivity contribution in [1.82, 2.24) is 0 Å². The molecule has 264 valence electrons. The molecule has 4 bridgehead atoms. The molecule has 0 aliphatic heterocycles. The molecule has 14 rings (SSSR count). The lowest BCUT2D eigenvalue weighted by atomic mass is 9.43. The highest BCUT2D eigenvalue weighted by atomic mass is 32.1. The Morgan fingerprint density at radius 1 is 0.481 bits per heavy atom. The standard InChI is InChI=1S/C52H45NS/c1-8-24-51(25-9-1)41-15-5-2-13-38(41)49-43(51)17-10-19-45(49)53(36-22-23-48-40(31-36)37-12-4-7-21-47(37)54-48)46-20-11-18-44-50(46)39-14-3-6-16-42(39)52(44)34-27-32-26-33(29-34)30-35(52)28-32/h2-7,10-23,31-35H,1,8-9,24-30H2/t32-,33?,34-,35?,52?/m0/s1. The van der Waals surface area contributed by atoms with Crippen LogP contribution in [0.4, 0.5) is 17.1 Å². The van der Waals surface area contributed by atoms with Gasteiger partial charge < -0.3 is 4.90 Å². The van der Waals surface area contributed by atoms with Crippen LogP contribution in [-0.2, 0) is 10.8 Å². The molecule has 1 aromatic heterocycles. The average Bonchev–Trinajstić information content (AvgIpc) is 3.83. The summed E-state index contributed by atoms with van der Waals surface area (Å²) in [7, 11) is 0. The predicted molar refractivity (Wildman–Crippen MR) is 227 cm³/mol. The summed E-state index contributed by atoms with van der Waals surface area (Å²) in [5.74, 6) is 3.35. The molecule has 5 fully saturated rings. The van der Waals surface area contributed by atoms with Gasteiger partial charge in [-0.15, -0.1) is 11.3 Å². The van der Waals surface area contributed by atoms with Gasteiger partial charge in [0.05, 0.1) is 11.4 Å². The van der Waals surface area contributed by atoms with Crippen molar-refractivity contribution < 1.29 is 0 Å². The van der Waals surface area contributed by atoms with E-state index in [1.807, 2.05) is 11.3 Å². The van der Waals surface area contributed by atoms with Crippen molar-refractivity contribution in [3.8, 4) is 22.3 Å². The number of fused-ring (bicyclic) bond motifs is 11. The first kappa shape index (κ1) is 30.6. The zero-order chi connectivity index (χ0) is 35.2. The van der Waals surface area contributed by atoms with E-state index in [0.29, 0.717) is 0 Å². The third kappa shape index (κ3) is 3.81. The average molecular weight is 716 g/mol. The Morgan fingerprint density at radius 3 is 1.83 bits per heavy atom. The van der Waals surface area contributed by atoms with Crippen molar-refractivity contribution in [2.75, 3.05) is 4.90 Å². The summed E-state index contributed by atoms with van der Waals surface area (Å²) in [6.45, 7) is 0. The molecule has 0 N–H and O–H groups in total. The molecule has 0 atom stereocenters. The summed E-state index contributed by atoms with van der Waals surface area (Å²) in [6, 6.07) is 50.3. The van der Waals surface area contributed by atoms with Gasteiger partial charge in [0.2, 0.25) is 0 Å². The molecular weight excluding hydrogens is 671 g/mol. The summed E-state index contributed by atoms with van der Waals surface area (Å²) in [4.78, 5) is 2.72. The molecule has 54 heavy (non-hydrogen) atoms. The van der Waals surface area contributed by atoms with E-state index >= 15 is 0 Å². The van der Waals surface area contributed by atoms with Crippen LogP contribution in [0.15, 0.2) is 127 Å². The lowest BCUT2D eigenvalue weighted by molar-refractivity contribution is -0.0399. The molecule has 2 heteroatoms. The number of nitrogens with zero attached hydrogens (tertiary/aromatic N) is 1. The number of thiophene rings is 1. The van der Waals surface area contributed by atoms with E-state index in [-0.39, 0.29) is 10.8 Å². The smallest absolute Gasteiger partial charge is 0.0543 e. The Kier molecular flexibility index (Phi) is 6.23. The van der Waals surface area contributed by atoms with Gasteiger partial charge >= 0.3 is 0 Å². The van der Waals surface area contributed by atoms with E-state index in [9.17, 15) is 0 Å². The molecule has 0 amide bonds. The summed E-state index contributed by atoms with van der Waals surface area (Å²) in [6.07, 6.45) is 13.5. The maximum atomic E-state index is 2.72. The Hall–Kier alpha value is -4.66. The van der Waals surface area contributed by atoms with Gasteiger partial charge in [0, 0.05) is 47.8 Å². The van der Waals surface area contributed by atoms with Crippen LogP contribution in [-0.4, -0.2) is 0 Å².